The molecule has 0 aliphatic carbocycles. The smallest absolute Gasteiger partial charge is 0.237 e. The summed E-state index contributed by atoms with van der Waals surface area (Å²) in [5.74, 6) is 0.780. The van der Waals surface area contributed by atoms with Crippen molar-refractivity contribution in [1.82, 2.24) is 9.80 Å². The molecule has 3 nitrogen and oxygen atoms in total. The van der Waals surface area contributed by atoms with Crippen LogP contribution in [0.2, 0.25) is 0 Å². The Morgan fingerprint density at radius 3 is 2.52 bits per heavy atom. The second-order valence-electron chi connectivity index (χ2n) is 6.99. The minimum atomic E-state index is -0.250. The Bertz CT molecular complexity index is 767. The third-order valence-corrected chi connectivity index (χ3v) is 6.52. The minimum absolute atomic E-state index is 0.0280. The van der Waals surface area contributed by atoms with Crippen LogP contribution in [0, 0.1) is 5.82 Å². The molecular formula is C21H24BrFN2OS. The summed E-state index contributed by atoms with van der Waals surface area (Å²) in [6.07, 6.45) is 0. The predicted octanol–water partition coefficient (Wildman–Crippen LogP) is 5.07. The molecule has 1 heterocycles. The zero-order chi connectivity index (χ0) is 19.4. The summed E-state index contributed by atoms with van der Waals surface area (Å²) in [4.78, 5) is 17.2. The molecule has 0 unspecified atom stereocenters. The minimum Gasteiger partial charge on any atom is -0.325 e. The lowest BCUT2D eigenvalue weighted by atomic mass is 10.1. The second kappa shape index (κ2) is 9.22. The van der Waals surface area contributed by atoms with Crippen LogP contribution in [0.4, 0.5) is 4.39 Å². The van der Waals surface area contributed by atoms with Crippen molar-refractivity contribution in [2.24, 2.45) is 0 Å². The molecule has 1 amide bonds. The van der Waals surface area contributed by atoms with Gasteiger partial charge in [-0.15, -0.1) is 11.8 Å². The molecule has 27 heavy (non-hydrogen) atoms. The Balaban J connectivity index is 1.69. The standard InChI is InChI=1S/C21H24BrFN2OS/c1-15(2)24(13-16-3-7-18(22)8-4-16)14-20(26)25-11-12-27-21(25)17-5-9-19(23)10-6-17/h3-10,15,21H,11-14H2,1-2H3/t21-/m0/s1. The van der Waals surface area contributed by atoms with E-state index in [0.29, 0.717) is 6.54 Å². The zero-order valence-corrected chi connectivity index (χ0v) is 18.0. The number of hydrogen-bond acceptors (Lipinski definition) is 3. The first-order valence-electron chi connectivity index (χ1n) is 9.09. The zero-order valence-electron chi connectivity index (χ0n) is 15.6. The molecule has 0 spiro atoms. The molecule has 0 bridgehead atoms. The van der Waals surface area contributed by atoms with Gasteiger partial charge in [-0.25, -0.2) is 4.39 Å². The fourth-order valence-corrected chi connectivity index (χ4v) is 4.68. The van der Waals surface area contributed by atoms with Crippen molar-refractivity contribution in [3.05, 3.63) is 69.9 Å². The van der Waals surface area contributed by atoms with Gasteiger partial charge in [0.05, 0.1) is 6.54 Å². The van der Waals surface area contributed by atoms with E-state index in [1.807, 2.05) is 17.0 Å². The topological polar surface area (TPSA) is 23.6 Å². The highest BCUT2D eigenvalue weighted by molar-refractivity contribution is 9.10. The Kier molecular flexibility index (Phi) is 6.95. The van der Waals surface area contributed by atoms with Gasteiger partial charge >= 0.3 is 0 Å². The van der Waals surface area contributed by atoms with Crippen LogP contribution in [0.3, 0.4) is 0 Å². The number of halogens is 2. The van der Waals surface area contributed by atoms with Gasteiger partial charge in [0.2, 0.25) is 5.91 Å². The van der Waals surface area contributed by atoms with E-state index in [1.165, 1.54) is 17.7 Å². The number of rotatable bonds is 6. The molecule has 0 saturated carbocycles. The second-order valence-corrected chi connectivity index (χ2v) is 9.09. The van der Waals surface area contributed by atoms with Gasteiger partial charge in [-0.2, -0.15) is 0 Å². The molecule has 2 aromatic carbocycles. The van der Waals surface area contributed by atoms with Crippen molar-refractivity contribution in [3.8, 4) is 0 Å². The van der Waals surface area contributed by atoms with E-state index in [0.717, 1.165) is 28.9 Å². The van der Waals surface area contributed by atoms with Crippen molar-refractivity contribution in [2.75, 3.05) is 18.8 Å². The molecule has 1 aliphatic rings. The van der Waals surface area contributed by atoms with Crippen LogP contribution in [0.15, 0.2) is 53.0 Å². The van der Waals surface area contributed by atoms with Gasteiger partial charge in [0.25, 0.3) is 0 Å². The van der Waals surface area contributed by atoms with E-state index in [2.05, 4.69) is 46.8 Å². The van der Waals surface area contributed by atoms with Crippen LogP contribution in [-0.2, 0) is 11.3 Å². The molecule has 1 saturated heterocycles. The summed E-state index contributed by atoms with van der Waals surface area (Å²) in [5, 5.41) is -0.0280. The van der Waals surface area contributed by atoms with Crippen LogP contribution in [-0.4, -0.2) is 40.6 Å². The summed E-state index contributed by atoms with van der Waals surface area (Å²) in [7, 11) is 0. The number of thioether (sulfide) groups is 1. The van der Waals surface area contributed by atoms with E-state index in [1.54, 1.807) is 23.9 Å². The highest BCUT2D eigenvalue weighted by Gasteiger charge is 2.31. The van der Waals surface area contributed by atoms with Crippen LogP contribution in [0.5, 0.6) is 0 Å². The number of hydrogen-bond donors (Lipinski definition) is 0. The van der Waals surface area contributed by atoms with Crippen molar-refractivity contribution in [1.29, 1.82) is 0 Å². The maximum atomic E-state index is 13.2. The SMILES string of the molecule is CC(C)N(CC(=O)N1CCS[C@H]1c1ccc(F)cc1)Cc1ccc(Br)cc1. The van der Waals surface area contributed by atoms with E-state index in [9.17, 15) is 9.18 Å². The van der Waals surface area contributed by atoms with Gasteiger partial charge in [0.1, 0.15) is 11.2 Å². The third-order valence-electron chi connectivity index (χ3n) is 4.73. The van der Waals surface area contributed by atoms with Crippen LogP contribution < -0.4 is 0 Å². The van der Waals surface area contributed by atoms with Gasteiger partial charge in [-0.1, -0.05) is 40.2 Å². The number of nitrogens with zero attached hydrogens (tertiary/aromatic N) is 2. The fourth-order valence-electron chi connectivity index (χ4n) is 3.14. The summed E-state index contributed by atoms with van der Waals surface area (Å²) in [6, 6.07) is 15.0. The van der Waals surface area contributed by atoms with Crippen molar-refractivity contribution < 1.29 is 9.18 Å². The molecule has 1 atom stereocenters. The van der Waals surface area contributed by atoms with Crippen molar-refractivity contribution >= 4 is 33.6 Å². The fraction of sp³-hybridized carbons (Fsp3) is 0.381. The number of carbonyl (C=O) groups excluding carboxylic acids is 1. The molecule has 0 N–H and O–H groups in total. The lowest BCUT2D eigenvalue weighted by Crippen LogP contribution is -2.42. The van der Waals surface area contributed by atoms with Gasteiger partial charge in [0.15, 0.2) is 0 Å². The first kappa shape index (κ1) is 20.4. The Morgan fingerprint density at radius 2 is 1.89 bits per heavy atom. The summed E-state index contributed by atoms with van der Waals surface area (Å²) >= 11 is 5.20. The maximum Gasteiger partial charge on any atom is 0.237 e. The first-order chi connectivity index (χ1) is 12.9. The van der Waals surface area contributed by atoms with Crippen molar-refractivity contribution in [2.45, 2.75) is 31.8 Å². The number of benzene rings is 2. The maximum absolute atomic E-state index is 13.2. The molecule has 144 valence electrons. The van der Waals surface area contributed by atoms with Crippen LogP contribution in [0.1, 0.15) is 30.3 Å². The van der Waals surface area contributed by atoms with E-state index in [-0.39, 0.29) is 23.1 Å². The van der Waals surface area contributed by atoms with Crippen molar-refractivity contribution in [3.63, 3.8) is 0 Å². The Hall–Kier alpha value is -1.37. The summed E-state index contributed by atoms with van der Waals surface area (Å²) in [6.45, 7) is 6.07. The third kappa shape index (κ3) is 5.33. The molecule has 1 aliphatic heterocycles. The molecule has 0 aromatic heterocycles. The molecule has 0 radical (unpaired) electrons. The van der Waals surface area contributed by atoms with Crippen LogP contribution in [0.25, 0.3) is 0 Å². The average Bonchev–Trinajstić information content (AvgIpc) is 3.13. The quantitative estimate of drug-likeness (QED) is 0.613. The summed E-state index contributed by atoms with van der Waals surface area (Å²) < 4.78 is 14.3. The van der Waals surface area contributed by atoms with Gasteiger partial charge < -0.3 is 4.90 Å². The first-order valence-corrected chi connectivity index (χ1v) is 10.9. The van der Waals surface area contributed by atoms with E-state index < -0.39 is 0 Å². The molecular weight excluding hydrogens is 427 g/mol. The lowest BCUT2D eigenvalue weighted by Gasteiger charge is -2.30. The molecule has 6 heteroatoms. The van der Waals surface area contributed by atoms with Gasteiger partial charge in [-0.05, 0) is 49.2 Å². The Morgan fingerprint density at radius 1 is 1.22 bits per heavy atom. The number of amides is 1. The Labute approximate surface area is 173 Å². The predicted molar refractivity (Wildman–Crippen MR) is 113 cm³/mol. The molecule has 1 fully saturated rings. The lowest BCUT2D eigenvalue weighted by molar-refractivity contribution is -0.133. The normalized spacial score (nSPS) is 17.1. The van der Waals surface area contributed by atoms with E-state index in [4.69, 9.17) is 0 Å². The van der Waals surface area contributed by atoms with Gasteiger partial charge in [-0.3, -0.25) is 9.69 Å². The largest absolute Gasteiger partial charge is 0.325 e. The highest BCUT2D eigenvalue weighted by Crippen LogP contribution is 2.38. The van der Waals surface area contributed by atoms with Gasteiger partial charge in [0, 0.05) is 29.4 Å². The highest BCUT2D eigenvalue weighted by atomic mass is 79.9. The monoisotopic (exact) mass is 450 g/mol. The van der Waals surface area contributed by atoms with Crippen LogP contribution >= 0.6 is 27.7 Å². The number of carbonyl (C=O) groups is 1. The molecule has 3 rings (SSSR count). The molecule has 2 aromatic rings. The average molecular weight is 451 g/mol. The summed E-state index contributed by atoms with van der Waals surface area (Å²) in [5.41, 5.74) is 2.17. The van der Waals surface area contributed by atoms with E-state index >= 15 is 0 Å².